The molecular weight excluding hydrogens is 464 g/mol. The smallest absolute Gasteiger partial charge is 0.387 e. The number of methoxy groups -OCH3 is 3. The summed E-state index contributed by atoms with van der Waals surface area (Å²) in [6.07, 6.45) is 0. The topological polar surface area (TPSA) is 85.2 Å². The first-order valence-corrected chi connectivity index (χ1v) is 10.4. The Balaban J connectivity index is 1.78. The van der Waals surface area contributed by atoms with E-state index in [9.17, 15) is 18.4 Å². The molecule has 0 amide bonds. The van der Waals surface area contributed by atoms with E-state index in [0.29, 0.717) is 22.7 Å². The molecule has 0 N–H and O–H groups in total. The summed E-state index contributed by atoms with van der Waals surface area (Å²) in [5, 5.41) is 0. The summed E-state index contributed by atoms with van der Waals surface area (Å²) in [5.74, 6) is -0.418. The molecule has 0 saturated carbocycles. The molecule has 3 aromatic rings. The Hall–Kier alpha value is -4.08. The van der Waals surface area contributed by atoms with Gasteiger partial charge in [0, 0.05) is 22.6 Å². The summed E-state index contributed by atoms with van der Waals surface area (Å²) < 4.78 is 52.0. The molecule has 8 nitrogen and oxygen atoms in total. The Kier molecular flexibility index (Phi) is 7.95. The highest BCUT2D eigenvalue weighted by atomic mass is 19.3. The number of ketones is 1. The van der Waals surface area contributed by atoms with Crippen molar-refractivity contribution in [1.82, 2.24) is 4.57 Å². The maximum Gasteiger partial charge on any atom is 0.387 e. The second-order valence-electron chi connectivity index (χ2n) is 7.37. The molecule has 0 unspecified atom stereocenters. The van der Waals surface area contributed by atoms with Crippen LogP contribution in [0.15, 0.2) is 42.5 Å². The van der Waals surface area contributed by atoms with E-state index in [0.717, 1.165) is 5.69 Å². The Morgan fingerprint density at radius 3 is 2.11 bits per heavy atom. The van der Waals surface area contributed by atoms with Crippen LogP contribution in [0.25, 0.3) is 5.69 Å². The molecule has 0 aliphatic carbocycles. The minimum absolute atomic E-state index is 0.0278. The van der Waals surface area contributed by atoms with Crippen LogP contribution in [-0.2, 0) is 4.74 Å². The fourth-order valence-corrected chi connectivity index (χ4v) is 3.77. The SMILES string of the molecule is COc1ccc(C(=O)OCC(=O)c2cc(C)n(-c3ccc(OC(F)F)cc3)c2C)c(OC)c1OC. The molecule has 0 bridgehead atoms. The van der Waals surface area contributed by atoms with Gasteiger partial charge in [-0.3, -0.25) is 4.79 Å². The van der Waals surface area contributed by atoms with E-state index >= 15 is 0 Å². The zero-order valence-corrected chi connectivity index (χ0v) is 19.9. The monoisotopic (exact) mass is 489 g/mol. The van der Waals surface area contributed by atoms with Crippen LogP contribution in [0.2, 0.25) is 0 Å². The number of rotatable bonds is 10. The highest BCUT2D eigenvalue weighted by molar-refractivity contribution is 6.01. The zero-order valence-electron chi connectivity index (χ0n) is 19.9. The maximum atomic E-state index is 12.9. The molecule has 0 saturated heterocycles. The summed E-state index contributed by atoms with van der Waals surface area (Å²) in [7, 11) is 4.24. The van der Waals surface area contributed by atoms with E-state index < -0.39 is 25.0 Å². The number of hydrogen-bond acceptors (Lipinski definition) is 7. The molecule has 3 rings (SSSR count). The Morgan fingerprint density at radius 2 is 1.54 bits per heavy atom. The number of benzene rings is 2. The molecule has 10 heteroatoms. The average Bonchev–Trinajstić information content (AvgIpc) is 3.15. The van der Waals surface area contributed by atoms with Crippen LogP contribution in [0, 0.1) is 13.8 Å². The van der Waals surface area contributed by atoms with E-state index in [2.05, 4.69) is 4.74 Å². The van der Waals surface area contributed by atoms with E-state index in [1.54, 1.807) is 36.6 Å². The molecule has 0 atom stereocenters. The van der Waals surface area contributed by atoms with Gasteiger partial charge in [0.2, 0.25) is 11.5 Å². The van der Waals surface area contributed by atoms with Gasteiger partial charge < -0.3 is 28.3 Å². The molecule has 0 spiro atoms. The van der Waals surface area contributed by atoms with E-state index in [1.807, 2.05) is 0 Å². The molecule has 1 aromatic heterocycles. The van der Waals surface area contributed by atoms with Crippen molar-refractivity contribution in [2.75, 3.05) is 27.9 Å². The predicted molar refractivity (Wildman–Crippen MR) is 123 cm³/mol. The number of Topliss-reactive ketones (excluding diaryl/α,β-unsaturated/α-hetero) is 1. The first-order chi connectivity index (χ1) is 16.7. The first kappa shape index (κ1) is 25.5. The second-order valence-corrected chi connectivity index (χ2v) is 7.37. The lowest BCUT2D eigenvalue weighted by molar-refractivity contribution is -0.0498. The number of halogens is 2. The van der Waals surface area contributed by atoms with Crippen molar-refractivity contribution in [3.63, 3.8) is 0 Å². The zero-order chi connectivity index (χ0) is 25.7. The van der Waals surface area contributed by atoms with Crippen molar-refractivity contribution >= 4 is 11.8 Å². The van der Waals surface area contributed by atoms with Gasteiger partial charge in [-0.1, -0.05) is 0 Å². The van der Waals surface area contributed by atoms with Crippen molar-refractivity contribution in [3.05, 3.63) is 65.0 Å². The summed E-state index contributed by atoms with van der Waals surface area (Å²) in [5.41, 5.74) is 2.45. The summed E-state index contributed by atoms with van der Waals surface area (Å²) in [4.78, 5) is 25.6. The number of carbonyl (C=O) groups excluding carboxylic acids is 2. The van der Waals surface area contributed by atoms with Crippen LogP contribution in [0.4, 0.5) is 8.78 Å². The number of aromatic nitrogens is 1. The van der Waals surface area contributed by atoms with Crippen molar-refractivity contribution < 1.29 is 42.1 Å². The minimum atomic E-state index is -2.91. The third kappa shape index (κ3) is 5.37. The highest BCUT2D eigenvalue weighted by Crippen LogP contribution is 2.40. The van der Waals surface area contributed by atoms with Crippen molar-refractivity contribution in [3.8, 4) is 28.7 Å². The van der Waals surface area contributed by atoms with Gasteiger partial charge in [0.15, 0.2) is 18.1 Å². The molecular formula is C25H25F2NO7. The van der Waals surface area contributed by atoms with E-state index in [4.69, 9.17) is 18.9 Å². The van der Waals surface area contributed by atoms with Crippen LogP contribution in [-0.4, -0.2) is 50.9 Å². The van der Waals surface area contributed by atoms with E-state index in [-0.39, 0.29) is 22.8 Å². The molecule has 35 heavy (non-hydrogen) atoms. The summed E-state index contributed by atoms with van der Waals surface area (Å²) in [6, 6.07) is 10.7. The van der Waals surface area contributed by atoms with Gasteiger partial charge in [0.05, 0.1) is 21.3 Å². The van der Waals surface area contributed by atoms with Crippen LogP contribution >= 0.6 is 0 Å². The molecule has 0 fully saturated rings. The quantitative estimate of drug-likeness (QED) is 0.300. The van der Waals surface area contributed by atoms with Crippen LogP contribution in [0.5, 0.6) is 23.0 Å². The molecule has 0 radical (unpaired) electrons. The van der Waals surface area contributed by atoms with Crippen LogP contribution in [0.3, 0.4) is 0 Å². The fraction of sp³-hybridized carbons (Fsp3) is 0.280. The van der Waals surface area contributed by atoms with Crippen LogP contribution < -0.4 is 18.9 Å². The van der Waals surface area contributed by atoms with Gasteiger partial charge >= 0.3 is 12.6 Å². The van der Waals surface area contributed by atoms with Crippen molar-refractivity contribution in [2.24, 2.45) is 0 Å². The highest BCUT2D eigenvalue weighted by Gasteiger charge is 2.24. The number of alkyl halides is 2. The van der Waals surface area contributed by atoms with Gasteiger partial charge in [-0.15, -0.1) is 0 Å². The normalized spacial score (nSPS) is 10.7. The number of ether oxygens (including phenoxy) is 5. The lowest BCUT2D eigenvalue weighted by atomic mass is 10.1. The Bertz CT molecular complexity index is 1220. The lowest BCUT2D eigenvalue weighted by Gasteiger charge is -2.15. The van der Waals surface area contributed by atoms with Crippen molar-refractivity contribution in [1.29, 1.82) is 0 Å². The number of carbonyl (C=O) groups is 2. The van der Waals surface area contributed by atoms with Gasteiger partial charge in [-0.2, -0.15) is 8.78 Å². The van der Waals surface area contributed by atoms with Crippen LogP contribution in [0.1, 0.15) is 32.1 Å². The number of aryl methyl sites for hydroxylation is 1. The average molecular weight is 489 g/mol. The predicted octanol–water partition coefficient (Wildman–Crippen LogP) is 4.76. The molecule has 0 aliphatic heterocycles. The Labute approximate surface area is 200 Å². The number of hydrogen-bond donors (Lipinski definition) is 0. The minimum Gasteiger partial charge on any atom is -0.493 e. The Morgan fingerprint density at radius 1 is 0.886 bits per heavy atom. The van der Waals surface area contributed by atoms with Gasteiger partial charge in [0.25, 0.3) is 0 Å². The fourth-order valence-electron chi connectivity index (χ4n) is 3.77. The second kappa shape index (κ2) is 10.9. The molecule has 1 heterocycles. The summed E-state index contributed by atoms with van der Waals surface area (Å²) in [6.45, 7) is 0.125. The maximum absolute atomic E-state index is 12.9. The largest absolute Gasteiger partial charge is 0.493 e. The standard InChI is InChI=1S/C25H25F2NO7/c1-14-12-19(15(2)28(14)16-6-8-17(9-7-16)35-25(26)27)20(29)13-34-24(30)18-10-11-21(31-3)23(33-5)22(18)32-4/h6-12,25H,13H2,1-5H3. The molecule has 186 valence electrons. The van der Waals surface area contributed by atoms with Crippen molar-refractivity contribution in [2.45, 2.75) is 20.5 Å². The van der Waals surface area contributed by atoms with Gasteiger partial charge in [0.1, 0.15) is 11.3 Å². The summed E-state index contributed by atoms with van der Waals surface area (Å²) >= 11 is 0. The van der Waals surface area contributed by atoms with Gasteiger partial charge in [-0.05, 0) is 56.3 Å². The third-order valence-corrected chi connectivity index (χ3v) is 5.31. The lowest BCUT2D eigenvalue weighted by Crippen LogP contribution is -2.16. The number of esters is 1. The van der Waals surface area contributed by atoms with Gasteiger partial charge in [-0.25, -0.2) is 4.79 Å². The first-order valence-electron chi connectivity index (χ1n) is 10.4. The molecule has 0 aliphatic rings. The van der Waals surface area contributed by atoms with E-state index in [1.165, 1.54) is 45.6 Å². The molecule has 2 aromatic carbocycles. The number of nitrogens with zero attached hydrogens (tertiary/aromatic N) is 1. The third-order valence-electron chi connectivity index (χ3n) is 5.31.